The average molecular weight is 555 g/mol. The number of thiophene rings is 1. The summed E-state index contributed by atoms with van der Waals surface area (Å²) in [5.41, 5.74) is 2.40. The van der Waals surface area contributed by atoms with Crippen LogP contribution >= 0.6 is 23.1 Å². The summed E-state index contributed by atoms with van der Waals surface area (Å²) in [5, 5.41) is 10.1. The molecule has 2 aromatic heterocycles. The lowest BCUT2D eigenvalue weighted by molar-refractivity contribution is -0.123. The largest absolute Gasteiger partial charge is 0.497 e. The number of benzene rings is 1. The maximum absolute atomic E-state index is 13.7. The molecular formula is C28H34N4O4S2. The van der Waals surface area contributed by atoms with Crippen LogP contribution in [0.5, 0.6) is 5.75 Å². The predicted molar refractivity (Wildman–Crippen MR) is 152 cm³/mol. The molecule has 38 heavy (non-hydrogen) atoms. The van der Waals surface area contributed by atoms with Crippen LogP contribution in [-0.2, 0) is 19.7 Å². The molecule has 0 aliphatic carbocycles. The van der Waals surface area contributed by atoms with Crippen molar-refractivity contribution < 1.29 is 19.1 Å². The van der Waals surface area contributed by atoms with E-state index in [1.54, 1.807) is 35.1 Å². The fourth-order valence-corrected chi connectivity index (χ4v) is 7.05. The molecule has 4 heterocycles. The molecule has 2 aliphatic rings. The van der Waals surface area contributed by atoms with Crippen LogP contribution in [0, 0.1) is 0 Å². The number of anilines is 1. The molecule has 1 N–H and O–H groups in total. The number of carbonyl (C=O) groups is 2. The Labute approximate surface area is 231 Å². The van der Waals surface area contributed by atoms with Crippen molar-refractivity contribution in [1.29, 1.82) is 0 Å². The topological polar surface area (TPSA) is 85.7 Å². The first-order valence-corrected chi connectivity index (χ1v) is 14.8. The number of nitrogens with zero attached hydrogens (tertiary/aromatic N) is 3. The summed E-state index contributed by atoms with van der Waals surface area (Å²) in [5.74, 6) is 1.33. The number of ether oxygens (including phenoxy) is 2. The van der Waals surface area contributed by atoms with Crippen molar-refractivity contribution in [1.82, 2.24) is 15.1 Å². The number of aromatic nitrogens is 2. The molecule has 2 aliphatic heterocycles. The van der Waals surface area contributed by atoms with E-state index >= 15 is 0 Å². The van der Waals surface area contributed by atoms with Crippen LogP contribution < -0.4 is 15.0 Å². The maximum atomic E-state index is 13.7. The maximum Gasteiger partial charge on any atom is 0.240 e. The fourth-order valence-electron chi connectivity index (χ4n) is 4.87. The third-order valence-electron chi connectivity index (χ3n) is 6.77. The first kappa shape index (κ1) is 26.8. The van der Waals surface area contributed by atoms with Gasteiger partial charge in [-0.2, -0.15) is 5.10 Å². The van der Waals surface area contributed by atoms with Gasteiger partial charge in [-0.05, 0) is 48.6 Å². The van der Waals surface area contributed by atoms with Crippen LogP contribution in [-0.4, -0.2) is 60.3 Å². The Balaban J connectivity index is 1.62. The molecule has 0 bridgehead atoms. The van der Waals surface area contributed by atoms with E-state index in [0.717, 1.165) is 47.0 Å². The Morgan fingerprint density at radius 2 is 2.03 bits per heavy atom. The zero-order valence-electron chi connectivity index (χ0n) is 22.2. The van der Waals surface area contributed by atoms with Gasteiger partial charge in [0.2, 0.25) is 11.8 Å². The zero-order chi connectivity index (χ0) is 26.9. The lowest BCUT2D eigenvalue weighted by Gasteiger charge is -2.24. The van der Waals surface area contributed by atoms with Crippen molar-refractivity contribution >= 4 is 40.7 Å². The SMILES string of the molecule is COc1ccc(-n2nc(C(C)(C)C)c3c2N(CC(=O)NC[C@H]2CCCO2)C(=O)CS[C@H]3c2cccs2)cc1. The monoisotopic (exact) mass is 554 g/mol. The van der Waals surface area contributed by atoms with Gasteiger partial charge in [0.05, 0.1) is 35.6 Å². The van der Waals surface area contributed by atoms with Crippen LogP contribution in [0.2, 0.25) is 0 Å². The number of carbonyl (C=O) groups excluding carboxylic acids is 2. The van der Waals surface area contributed by atoms with E-state index in [4.69, 9.17) is 14.6 Å². The Bertz CT molecular complexity index is 1280. The minimum atomic E-state index is -0.293. The van der Waals surface area contributed by atoms with Crippen LogP contribution in [0.4, 0.5) is 5.82 Å². The Morgan fingerprint density at radius 3 is 2.66 bits per heavy atom. The number of nitrogens with one attached hydrogen (secondary N) is 1. The minimum Gasteiger partial charge on any atom is -0.497 e. The van der Waals surface area contributed by atoms with Crippen molar-refractivity contribution in [3.8, 4) is 11.4 Å². The van der Waals surface area contributed by atoms with Crippen molar-refractivity contribution in [3.05, 3.63) is 57.9 Å². The molecule has 3 aromatic rings. The average Bonchev–Trinajstić information content (AvgIpc) is 3.66. The summed E-state index contributed by atoms with van der Waals surface area (Å²) in [7, 11) is 1.63. The van der Waals surface area contributed by atoms with Gasteiger partial charge in [-0.25, -0.2) is 4.68 Å². The second kappa shape index (κ2) is 11.1. The van der Waals surface area contributed by atoms with E-state index in [2.05, 4.69) is 37.5 Å². The second-order valence-electron chi connectivity index (χ2n) is 10.6. The van der Waals surface area contributed by atoms with Crippen LogP contribution in [0.25, 0.3) is 5.69 Å². The van der Waals surface area contributed by atoms with Crippen molar-refractivity contribution in [2.75, 3.05) is 37.5 Å². The summed E-state index contributed by atoms with van der Waals surface area (Å²) in [6.45, 7) is 7.50. The molecule has 1 saturated heterocycles. The molecule has 2 atom stereocenters. The van der Waals surface area contributed by atoms with E-state index in [-0.39, 0.29) is 40.9 Å². The third-order valence-corrected chi connectivity index (χ3v) is 9.09. The van der Waals surface area contributed by atoms with Gasteiger partial charge in [-0.15, -0.1) is 23.1 Å². The molecule has 0 saturated carbocycles. The van der Waals surface area contributed by atoms with Crippen LogP contribution in [0.1, 0.15) is 55.0 Å². The van der Waals surface area contributed by atoms with Gasteiger partial charge >= 0.3 is 0 Å². The fraction of sp³-hybridized carbons (Fsp3) is 0.464. The van der Waals surface area contributed by atoms with Gasteiger partial charge < -0.3 is 14.8 Å². The number of amides is 2. The first-order chi connectivity index (χ1) is 18.3. The lowest BCUT2D eigenvalue weighted by Crippen LogP contribution is -2.44. The van der Waals surface area contributed by atoms with Gasteiger partial charge in [-0.3, -0.25) is 14.5 Å². The van der Waals surface area contributed by atoms with Crippen molar-refractivity contribution in [2.24, 2.45) is 0 Å². The molecule has 0 radical (unpaired) electrons. The zero-order valence-corrected chi connectivity index (χ0v) is 23.9. The standard InChI is InChI=1S/C28H34N4O4S2/c1-28(2,3)26-24-25(21-8-6-14-37-21)38-17-23(34)31(16-22(33)29-15-20-7-5-13-36-20)27(24)32(30-26)18-9-11-19(35-4)12-10-18/h6,8-12,14,20,25H,5,7,13,15-17H2,1-4H3,(H,29,33)/t20-,25+/m1/s1. The normalized spacial score (nSPS) is 19.8. The van der Waals surface area contributed by atoms with E-state index < -0.39 is 0 Å². The summed E-state index contributed by atoms with van der Waals surface area (Å²) in [6.07, 6.45) is 1.98. The van der Waals surface area contributed by atoms with Gasteiger partial charge in [0.15, 0.2) is 0 Å². The summed E-state index contributed by atoms with van der Waals surface area (Å²) >= 11 is 3.27. The Kier molecular flexibility index (Phi) is 7.83. The second-order valence-corrected chi connectivity index (χ2v) is 12.6. The number of methoxy groups -OCH3 is 1. The van der Waals surface area contributed by atoms with Gasteiger partial charge in [-0.1, -0.05) is 26.8 Å². The van der Waals surface area contributed by atoms with Gasteiger partial charge in [0, 0.05) is 29.0 Å². The molecule has 1 fully saturated rings. The molecule has 1 aromatic carbocycles. The molecule has 202 valence electrons. The molecule has 0 unspecified atom stereocenters. The third kappa shape index (κ3) is 5.48. The molecule has 0 spiro atoms. The molecule has 2 amide bonds. The number of hydrogen-bond donors (Lipinski definition) is 1. The lowest BCUT2D eigenvalue weighted by atomic mass is 9.88. The number of fused-ring (bicyclic) bond motifs is 1. The smallest absolute Gasteiger partial charge is 0.240 e. The predicted octanol–water partition coefficient (Wildman–Crippen LogP) is 4.70. The highest BCUT2D eigenvalue weighted by Crippen LogP contribution is 2.49. The van der Waals surface area contributed by atoms with Crippen molar-refractivity contribution in [3.63, 3.8) is 0 Å². The summed E-state index contributed by atoms with van der Waals surface area (Å²) in [6, 6.07) is 11.8. The molecule has 8 nitrogen and oxygen atoms in total. The Morgan fingerprint density at radius 1 is 1.24 bits per heavy atom. The summed E-state index contributed by atoms with van der Waals surface area (Å²) in [4.78, 5) is 29.6. The van der Waals surface area contributed by atoms with Gasteiger partial charge in [0.25, 0.3) is 0 Å². The molecular weight excluding hydrogens is 520 g/mol. The highest BCUT2D eigenvalue weighted by molar-refractivity contribution is 8.00. The molecule has 5 rings (SSSR count). The summed E-state index contributed by atoms with van der Waals surface area (Å²) < 4.78 is 12.9. The van der Waals surface area contributed by atoms with Crippen molar-refractivity contribution in [2.45, 2.75) is 50.4 Å². The number of rotatable bonds is 7. The number of hydrogen-bond acceptors (Lipinski definition) is 7. The Hall–Kier alpha value is -2.82. The number of thioether (sulfide) groups is 1. The van der Waals surface area contributed by atoms with E-state index in [0.29, 0.717) is 12.4 Å². The van der Waals surface area contributed by atoms with Gasteiger partial charge in [0.1, 0.15) is 18.1 Å². The first-order valence-electron chi connectivity index (χ1n) is 12.9. The van der Waals surface area contributed by atoms with E-state index in [9.17, 15) is 9.59 Å². The van der Waals surface area contributed by atoms with E-state index in [1.807, 2.05) is 35.0 Å². The van der Waals surface area contributed by atoms with Crippen LogP contribution in [0.3, 0.4) is 0 Å². The van der Waals surface area contributed by atoms with Crippen LogP contribution in [0.15, 0.2) is 41.8 Å². The molecule has 10 heteroatoms. The highest BCUT2D eigenvalue weighted by Gasteiger charge is 2.40. The quantitative estimate of drug-likeness (QED) is 0.456. The highest BCUT2D eigenvalue weighted by atomic mass is 32.2. The van der Waals surface area contributed by atoms with E-state index in [1.165, 1.54) is 0 Å². The minimum absolute atomic E-state index is 0.0328.